The van der Waals surface area contributed by atoms with E-state index in [0.29, 0.717) is 6.61 Å². The summed E-state index contributed by atoms with van der Waals surface area (Å²) in [7, 11) is 0. The molecule has 0 saturated carbocycles. The minimum atomic E-state index is -0.324. The average Bonchev–Trinajstić information content (AvgIpc) is 1.90. The third kappa shape index (κ3) is 1.68. The van der Waals surface area contributed by atoms with Gasteiger partial charge in [0.2, 0.25) is 5.91 Å². The summed E-state index contributed by atoms with van der Waals surface area (Å²) in [5.74, 6) is -0.324. The van der Waals surface area contributed by atoms with Crippen molar-refractivity contribution < 1.29 is 9.53 Å². The highest BCUT2D eigenvalue weighted by atomic mass is 16.5. The van der Waals surface area contributed by atoms with E-state index in [-0.39, 0.29) is 12.0 Å². The molecule has 1 aliphatic heterocycles. The number of amides is 1. The summed E-state index contributed by atoms with van der Waals surface area (Å²) in [6.45, 7) is 0.688. The summed E-state index contributed by atoms with van der Waals surface area (Å²) < 4.78 is 5.06. The van der Waals surface area contributed by atoms with E-state index in [1.807, 2.05) is 0 Å². The number of carbonyl (C=O) groups is 1. The van der Waals surface area contributed by atoms with Crippen molar-refractivity contribution in [2.45, 2.75) is 25.4 Å². The van der Waals surface area contributed by atoms with Gasteiger partial charge in [0.25, 0.3) is 0 Å². The first-order valence-electron chi connectivity index (χ1n) is 3.21. The molecule has 52 valence electrons. The van der Waals surface area contributed by atoms with Gasteiger partial charge in [-0.1, -0.05) is 0 Å². The van der Waals surface area contributed by atoms with Crippen LogP contribution in [0.15, 0.2) is 0 Å². The lowest BCUT2D eigenvalue weighted by atomic mass is 10.1. The molecule has 1 saturated heterocycles. The van der Waals surface area contributed by atoms with E-state index in [1.165, 1.54) is 0 Å². The average molecular weight is 129 g/mol. The van der Waals surface area contributed by atoms with Gasteiger partial charge in [0.1, 0.15) is 6.10 Å². The number of ether oxygens (including phenoxy) is 1. The van der Waals surface area contributed by atoms with Gasteiger partial charge in [-0.05, 0) is 19.3 Å². The van der Waals surface area contributed by atoms with Gasteiger partial charge in [-0.2, -0.15) is 0 Å². The molecule has 2 N–H and O–H groups in total. The highest BCUT2D eigenvalue weighted by molar-refractivity contribution is 5.78. The lowest BCUT2D eigenvalue weighted by Crippen LogP contribution is -2.33. The van der Waals surface area contributed by atoms with Crippen molar-refractivity contribution in [3.8, 4) is 0 Å². The van der Waals surface area contributed by atoms with Crippen molar-refractivity contribution in [2.75, 3.05) is 6.61 Å². The van der Waals surface area contributed by atoms with E-state index in [0.717, 1.165) is 19.3 Å². The van der Waals surface area contributed by atoms with Crippen molar-refractivity contribution in [3.05, 3.63) is 0 Å². The van der Waals surface area contributed by atoms with Crippen LogP contribution in [0.25, 0.3) is 0 Å². The standard InChI is InChI=1S/C6H11NO2/c7-6(8)5-3-1-2-4-9-5/h5H,1-4H2,(H2,7,8). The van der Waals surface area contributed by atoms with Gasteiger partial charge in [0, 0.05) is 6.61 Å². The Balaban J connectivity index is 2.31. The second-order valence-corrected chi connectivity index (χ2v) is 2.26. The van der Waals surface area contributed by atoms with Gasteiger partial charge in [0.15, 0.2) is 0 Å². The Morgan fingerprint density at radius 3 is 2.67 bits per heavy atom. The molecule has 0 aliphatic carbocycles. The molecule has 0 aromatic rings. The molecular formula is C6H11NO2. The van der Waals surface area contributed by atoms with Crippen LogP contribution in [0, 0.1) is 0 Å². The molecular weight excluding hydrogens is 118 g/mol. The zero-order valence-corrected chi connectivity index (χ0v) is 5.30. The Kier molecular flexibility index (Phi) is 2.05. The Bertz CT molecular complexity index is 108. The summed E-state index contributed by atoms with van der Waals surface area (Å²) in [5.41, 5.74) is 5.00. The molecule has 0 aromatic heterocycles. The number of hydrogen-bond donors (Lipinski definition) is 1. The van der Waals surface area contributed by atoms with Crippen LogP contribution in [0.1, 0.15) is 19.3 Å². The molecule has 3 heteroatoms. The van der Waals surface area contributed by atoms with Crippen molar-refractivity contribution in [2.24, 2.45) is 5.73 Å². The maximum absolute atomic E-state index is 10.5. The molecule has 9 heavy (non-hydrogen) atoms. The maximum atomic E-state index is 10.5. The maximum Gasteiger partial charge on any atom is 0.246 e. The van der Waals surface area contributed by atoms with Gasteiger partial charge in [-0.25, -0.2) is 0 Å². The molecule has 1 rings (SSSR count). The van der Waals surface area contributed by atoms with Crippen LogP contribution in [0.4, 0.5) is 0 Å². The normalized spacial score (nSPS) is 27.8. The molecule has 1 fully saturated rings. The molecule has 0 aromatic carbocycles. The van der Waals surface area contributed by atoms with Crippen LogP contribution >= 0.6 is 0 Å². The first-order chi connectivity index (χ1) is 4.30. The molecule has 1 atom stereocenters. The summed E-state index contributed by atoms with van der Waals surface area (Å²) in [6, 6.07) is 0. The minimum absolute atomic E-state index is 0.307. The third-order valence-electron chi connectivity index (χ3n) is 1.50. The zero-order chi connectivity index (χ0) is 6.69. The lowest BCUT2D eigenvalue weighted by molar-refractivity contribution is -0.132. The number of carbonyl (C=O) groups excluding carboxylic acids is 1. The zero-order valence-electron chi connectivity index (χ0n) is 5.30. The van der Waals surface area contributed by atoms with Gasteiger partial charge in [-0.15, -0.1) is 0 Å². The fraction of sp³-hybridized carbons (Fsp3) is 0.833. The summed E-state index contributed by atoms with van der Waals surface area (Å²) in [6.07, 6.45) is 2.62. The molecule has 1 heterocycles. The van der Waals surface area contributed by atoms with Gasteiger partial charge >= 0.3 is 0 Å². The predicted octanol–water partition coefficient (Wildman–Crippen LogP) is 0.0408. The van der Waals surface area contributed by atoms with E-state index in [4.69, 9.17) is 10.5 Å². The molecule has 0 bridgehead atoms. The Hall–Kier alpha value is -0.570. The van der Waals surface area contributed by atoms with Crippen LogP contribution in [-0.2, 0) is 9.53 Å². The topological polar surface area (TPSA) is 52.3 Å². The lowest BCUT2D eigenvalue weighted by Gasteiger charge is -2.18. The SMILES string of the molecule is NC(=O)C1CCCCO1. The minimum Gasteiger partial charge on any atom is -0.368 e. The molecule has 3 nitrogen and oxygen atoms in total. The summed E-state index contributed by atoms with van der Waals surface area (Å²) >= 11 is 0. The van der Waals surface area contributed by atoms with Gasteiger partial charge < -0.3 is 10.5 Å². The van der Waals surface area contributed by atoms with E-state index in [1.54, 1.807) is 0 Å². The predicted molar refractivity (Wildman–Crippen MR) is 32.8 cm³/mol. The molecule has 1 aliphatic rings. The van der Waals surface area contributed by atoms with Crippen LogP contribution in [0.2, 0.25) is 0 Å². The highest BCUT2D eigenvalue weighted by Gasteiger charge is 2.18. The monoisotopic (exact) mass is 129 g/mol. The van der Waals surface area contributed by atoms with Crippen LogP contribution in [0.3, 0.4) is 0 Å². The van der Waals surface area contributed by atoms with Crippen molar-refractivity contribution in [1.29, 1.82) is 0 Å². The smallest absolute Gasteiger partial charge is 0.246 e. The second kappa shape index (κ2) is 2.82. The van der Waals surface area contributed by atoms with E-state index in [9.17, 15) is 4.79 Å². The molecule has 0 spiro atoms. The van der Waals surface area contributed by atoms with E-state index < -0.39 is 0 Å². The van der Waals surface area contributed by atoms with Crippen LogP contribution < -0.4 is 5.73 Å². The first-order valence-corrected chi connectivity index (χ1v) is 3.21. The van der Waals surface area contributed by atoms with Crippen molar-refractivity contribution in [1.82, 2.24) is 0 Å². The quantitative estimate of drug-likeness (QED) is 0.543. The van der Waals surface area contributed by atoms with Gasteiger partial charge in [0.05, 0.1) is 0 Å². The Labute approximate surface area is 54.2 Å². The van der Waals surface area contributed by atoms with Crippen LogP contribution in [-0.4, -0.2) is 18.6 Å². The molecule has 1 amide bonds. The third-order valence-corrected chi connectivity index (χ3v) is 1.50. The number of nitrogens with two attached hydrogens (primary N) is 1. The number of rotatable bonds is 1. The fourth-order valence-electron chi connectivity index (χ4n) is 0.965. The number of primary amides is 1. The van der Waals surface area contributed by atoms with Crippen molar-refractivity contribution in [3.63, 3.8) is 0 Å². The molecule has 1 unspecified atom stereocenters. The summed E-state index contributed by atoms with van der Waals surface area (Å²) in [4.78, 5) is 10.5. The fourth-order valence-corrected chi connectivity index (χ4v) is 0.965. The van der Waals surface area contributed by atoms with E-state index in [2.05, 4.69) is 0 Å². The Morgan fingerprint density at radius 1 is 1.56 bits per heavy atom. The first kappa shape index (κ1) is 6.55. The Morgan fingerprint density at radius 2 is 2.33 bits per heavy atom. The van der Waals surface area contributed by atoms with Crippen LogP contribution in [0.5, 0.6) is 0 Å². The summed E-state index contributed by atoms with van der Waals surface area (Å²) in [5, 5.41) is 0. The number of hydrogen-bond acceptors (Lipinski definition) is 2. The highest BCUT2D eigenvalue weighted by Crippen LogP contribution is 2.11. The van der Waals surface area contributed by atoms with E-state index >= 15 is 0 Å². The second-order valence-electron chi connectivity index (χ2n) is 2.26. The van der Waals surface area contributed by atoms with Crippen molar-refractivity contribution >= 4 is 5.91 Å². The largest absolute Gasteiger partial charge is 0.368 e. The molecule has 0 radical (unpaired) electrons. The van der Waals surface area contributed by atoms with Gasteiger partial charge in [-0.3, -0.25) is 4.79 Å².